The van der Waals surface area contributed by atoms with Crippen molar-refractivity contribution in [3.05, 3.63) is 35.9 Å². The van der Waals surface area contributed by atoms with Crippen LogP contribution in [0.5, 0.6) is 0 Å². The lowest BCUT2D eigenvalue weighted by Crippen LogP contribution is -2.35. The zero-order chi connectivity index (χ0) is 14.8. The molecular weight excluding hydrogens is 256 g/mol. The Morgan fingerprint density at radius 3 is 2.50 bits per heavy atom. The monoisotopic (exact) mass is 278 g/mol. The summed E-state index contributed by atoms with van der Waals surface area (Å²) < 4.78 is 0. The third-order valence-corrected chi connectivity index (χ3v) is 2.91. The highest BCUT2D eigenvalue weighted by molar-refractivity contribution is 5.72. The van der Waals surface area contributed by atoms with E-state index in [9.17, 15) is 9.59 Å². The Balaban J connectivity index is 2.36. The average Bonchev–Trinajstić information content (AvgIpc) is 2.38. The van der Waals surface area contributed by atoms with Crippen LogP contribution in [0.25, 0.3) is 0 Å². The van der Waals surface area contributed by atoms with Crippen LogP contribution in [0.3, 0.4) is 0 Å². The minimum absolute atomic E-state index is 0.0450. The van der Waals surface area contributed by atoms with E-state index in [4.69, 9.17) is 5.11 Å². The number of amides is 1. The predicted molar refractivity (Wildman–Crippen MR) is 77.5 cm³/mol. The molecule has 3 N–H and O–H groups in total. The molecule has 1 amide bonds. The van der Waals surface area contributed by atoms with Crippen molar-refractivity contribution >= 4 is 11.9 Å². The van der Waals surface area contributed by atoms with Crippen molar-refractivity contribution < 1.29 is 14.7 Å². The Bertz CT molecular complexity index is 420. The van der Waals surface area contributed by atoms with Crippen LogP contribution in [-0.2, 0) is 16.0 Å². The smallest absolute Gasteiger partial charge is 0.304 e. The van der Waals surface area contributed by atoms with E-state index in [1.165, 1.54) is 6.92 Å². The Morgan fingerprint density at radius 1 is 1.20 bits per heavy atom. The largest absolute Gasteiger partial charge is 0.481 e. The van der Waals surface area contributed by atoms with Gasteiger partial charge in [0.15, 0.2) is 0 Å². The Morgan fingerprint density at radius 2 is 1.90 bits per heavy atom. The summed E-state index contributed by atoms with van der Waals surface area (Å²) >= 11 is 0. The second-order valence-electron chi connectivity index (χ2n) is 4.78. The first-order valence-corrected chi connectivity index (χ1v) is 6.81. The molecular formula is C15H22N2O3. The van der Waals surface area contributed by atoms with Gasteiger partial charge in [0.25, 0.3) is 0 Å². The van der Waals surface area contributed by atoms with Gasteiger partial charge < -0.3 is 15.7 Å². The summed E-state index contributed by atoms with van der Waals surface area (Å²) in [6, 6.07) is 9.73. The number of hydrogen-bond donors (Lipinski definition) is 3. The summed E-state index contributed by atoms with van der Waals surface area (Å²) in [4.78, 5) is 21.6. The lowest BCUT2D eigenvalue weighted by Gasteiger charge is -2.17. The Kier molecular flexibility index (Phi) is 7.35. The zero-order valence-corrected chi connectivity index (χ0v) is 11.8. The van der Waals surface area contributed by atoms with E-state index in [0.29, 0.717) is 19.5 Å². The van der Waals surface area contributed by atoms with Crippen molar-refractivity contribution in [1.29, 1.82) is 0 Å². The Labute approximate surface area is 119 Å². The van der Waals surface area contributed by atoms with Gasteiger partial charge in [0.2, 0.25) is 5.91 Å². The molecule has 1 unspecified atom stereocenters. The fourth-order valence-corrected chi connectivity index (χ4v) is 1.98. The number of hydrogen-bond acceptors (Lipinski definition) is 3. The van der Waals surface area contributed by atoms with Crippen LogP contribution in [0.4, 0.5) is 0 Å². The minimum Gasteiger partial charge on any atom is -0.481 e. The standard InChI is InChI=1S/C15H22N2O3/c1-12(18)16-8-5-9-17-14(11-15(19)20)10-13-6-3-2-4-7-13/h2-4,6-7,14,17H,5,8-11H2,1H3,(H,16,18)(H,19,20). The summed E-state index contributed by atoms with van der Waals surface area (Å²) in [5, 5.41) is 14.9. The molecule has 0 aliphatic carbocycles. The van der Waals surface area contributed by atoms with E-state index in [1.807, 2.05) is 30.3 Å². The van der Waals surface area contributed by atoms with Crippen molar-refractivity contribution in [3.8, 4) is 0 Å². The first-order valence-electron chi connectivity index (χ1n) is 6.81. The zero-order valence-electron chi connectivity index (χ0n) is 11.8. The highest BCUT2D eigenvalue weighted by Crippen LogP contribution is 2.06. The molecule has 0 aliphatic rings. The van der Waals surface area contributed by atoms with Gasteiger partial charge in [0, 0.05) is 19.5 Å². The number of aliphatic carboxylic acids is 1. The summed E-state index contributed by atoms with van der Waals surface area (Å²) in [7, 11) is 0. The molecule has 1 atom stereocenters. The van der Waals surface area contributed by atoms with Gasteiger partial charge in [-0.15, -0.1) is 0 Å². The van der Waals surface area contributed by atoms with Crippen LogP contribution in [-0.4, -0.2) is 36.1 Å². The molecule has 110 valence electrons. The topological polar surface area (TPSA) is 78.4 Å². The van der Waals surface area contributed by atoms with Crippen LogP contribution in [0, 0.1) is 0 Å². The molecule has 0 saturated heterocycles. The number of carboxylic acids is 1. The van der Waals surface area contributed by atoms with Gasteiger partial charge in [-0.3, -0.25) is 9.59 Å². The van der Waals surface area contributed by atoms with Gasteiger partial charge in [0.05, 0.1) is 6.42 Å². The Hall–Kier alpha value is -1.88. The van der Waals surface area contributed by atoms with E-state index >= 15 is 0 Å². The molecule has 1 aromatic carbocycles. The molecule has 1 rings (SSSR count). The third kappa shape index (κ3) is 7.53. The van der Waals surface area contributed by atoms with Crippen molar-refractivity contribution in [2.75, 3.05) is 13.1 Å². The number of carbonyl (C=O) groups is 2. The molecule has 20 heavy (non-hydrogen) atoms. The molecule has 0 saturated carbocycles. The second-order valence-corrected chi connectivity index (χ2v) is 4.78. The quantitative estimate of drug-likeness (QED) is 0.593. The molecule has 1 aromatic rings. The van der Waals surface area contributed by atoms with Crippen LogP contribution >= 0.6 is 0 Å². The van der Waals surface area contributed by atoms with Crippen LogP contribution < -0.4 is 10.6 Å². The number of carbonyl (C=O) groups excluding carboxylic acids is 1. The molecule has 0 aliphatic heterocycles. The highest BCUT2D eigenvalue weighted by Gasteiger charge is 2.13. The highest BCUT2D eigenvalue weighted by atomic mass is 16.4. The average molecular weight is 278 g/mol. The molecule has 0 radical (unpaired) electrons. The fourth-order valence-electron chi connectivity index (χ4n) is 1.98. The maximum absolute atomic E-state index is 10.9. The number of carboxylic acid groups (broad SMARTS) is 1. The molecule has 5 nitrogen and oxygen atoms in total. The normalized spacial score (nSPS) is 11.8. The molecule has 5 heteroatoms. The van der Waals surface area contributed by atoms with Crippen LogP contribution in [0.15, 0.2) is 30.3 Å². The molecule has 0 aromatic heterocycles. The lowest BCUT2D eigenvalue weighted by molar-refractivity contribution is -0.137. The second kappa shape index (κ2) is 9.09. The fraction of sp³-hybridized carbons (Fsp3) is 0.467. The minimum atomic E-state index is -0.805. The van der Waals surface area contributed by atoms with E-state index in [0.717, 1.165) is 12.0 Å². The molecule has 0 spiro atoms. The summed E-state index contributed by atoms with van der Waals surface area (Å²) in [6.07, 6.45) is 1.56. The summed E-state index contributed by atoms with van der Waals surface area (Å²) in [5.41, 5.74) is 1.12. The maximum atomic E-state index is 10.9. The predicted octanol–water partition coefficient (Wildman–Crippen LogP) is 1.19. The molecule has 0 fully saturated rings. The van der Waals surface area contributed by atoms with E-state index in [2.05, 4.69) is 10.6 Å². The lowest BCUT2D eigenvalue weighted by atomic mass is 10.0. The SMILES string of the molecule is CC(=O)NCCCNC(CC(=O)O)Cc1ccccc1. The number of benzene rings is 1. The number of nitrogens with one attached hydrogen (secondary N) is 2. The molecule has 0 bridgehead atoms. The first-order chi connectivity index (χ1) is 9.58. The van der Waals surface area contributed by atoms with Gasteiger partial charge in [-0.25, -0.2) is 0 Å². The summed E-state index contributed by atoms with van der Waals surface area (Å²) in [6.45, 7) is 2.77. The summed E-state index contributed by atoms with van der Waals surface area (Å²) in [5.74, 6) is -0.850. The van der Waals surface area contributed by atoms with Gasteiger partial charge in [0.1, 0.15) is 0 Å². The van der Waals surface area contributed by atoms with Crippen molar-refractivity contribution in [2.45, 2.75) is 32.2 Å². The first kappa shape index (κ1) is 16.2. The van der Waals surface area contributed by atoms with Crippen LogP contribution in [0.1, 0.15) is 25.3 Å². The van der Waals surface area contributed by atoms with Gasteiger partial charge in [-0.1, -0.05) is 30.3 Å². The van der Waals surface area contributed by atoms with Gasteiger partial charge in [-0.2, -0.15) is 0 Å². The van der Waals surface area contributed by atoms with Gasteiger partial charge >= 0.3 is 5.97 Å². The maximum Gasteiger partial charge on any atom is 0.304 e. The van der Waals surface area contributed by atoms with Crippen molar-refractivity contribution in [1.82, 2.24) is 10.6 Å². The molecule has 0 heterocycles. The third-order valence-electron chi connectivity index (χ3n) is 2.91. The van der Waals surface area contributed by atoms with Crippen LogP contribution in [0.2, 0.25) is 0 Å². The van der Waals surface area contributed by atoms with Gasteiger partial charge in [-0.05, 0) is 24.9 Å². The van der Waals surface area contributed by atoms with Crippen molar-refractivity contribution in [2.24, 2.45) is 0 Å². The number of rotatable bonds is 9. The van der Waals surface area contributed by atoms with Crippen molar-refractivity contribution in [3.63, 3.8) is 0 Å². The van der Waals surface area contributed by atoms with E-state index in [-0.39, 0.29) is 18.4 Å². The van der Waals surface area contributed by atoms with E-state index in [1.54, 1.807) is 0 Å². The van der Waals surface area contributed by atoms with E-state index < -0.39 is 5.97 Å².